The number of hydrogen-bond acceptors (Lipinski definition) is 8. The molecule has 10 unspecified atom stereocenters. The van der Waals surface area contributed by atoms with Crippen LogP contribution in [0.2, 0.25) is 0 Å². The maximum atomic E-state index is 13.1. The van der Waals surface area contributed by atoms with Crippen molar-refractivity contribution in [2.75, 3.05) is 47.1 Å². The van der Waals surface area contributed by atoms with Crippen LogP contribution < -0.4 is 0 Å². The molecular formula is C43H73NO8. The number of ether oxygens (including phenoxy) is 3. The van der Waals surface area contributed by atoms with E-state index in [1.54, 1.807) is 28.1 Å². The molecule has 10 atom stereocenters. The van der Waals surface area contributed by atoms with Gasteiger partial charge in [-0.05, 0) is 117 Å². The fraction of sp³-hybridized carbons (Fsp3) is 0.907. The highest BCUT2D eigenvalue weighted by Crippen LogP contribution is 2.77. The van der Waals surface area contributed by atoms with Crippen LogP contribution in [-0.4, -0.2) is 97.5 Å². The van der Waals surface area contributed by atoms with Crippen LogP contribution in [0.3, 0.4) is 0 Å². The van der Waals surface area contributed by atoms with Gasteiger partial charge in [0.05, 0.1) is 37.3 Å². The van der Waals surface area contributed by atoms with Gasteiger partial charge in [0.1, 0.15) is 6.10 Å². The highest BCUT2D eigenvalue weighted by molar-refractivity contribution is 5.81. The van der Waals surface area contributed by atoms with E-state index in [4.69, 9.17) is 14.2 Å². The number of carbonyl (C=O) groups is 2. The van der Waals surface area contributed by atoms with Gasteiger partial charge in [0, 0.05) is 44.7 Å². The Morgan fingerprint density at radius 1 is 0.885 bits per heavy atom. The van der Waals surface area contributed by atoms with Gasteiger partial charge in [0.2, 0.25) is 0 Å². The lowest BCUT2D eigenvalue weighted by Crippen LogP contribution is -2.66. The SMILES string of the molecule is COCCN(CCOC)CC(O)C12CCC3(C)C(CCC4C5(C)CCC(OC(=O)CC(C)(C)C(=O)O)C(C)(C)C5CCC43C)C1=C(C(C)C)C(O)C2. The molecule has 5 aliphatic carbocycles. The second-order valence-corrected chi connectivity index (χ2v) is 20.0. The average molecular weight is 732 g/mol. The van der Waals surface area contributed by atoms with Crippen molar-refractivity contribution >= 4 is 11.9 Å². The molecule has 0 amide bonds. The quantitative estimate of drug-likeness (QED) is 0.126. The van der Waals surface area contributed by atoms with E-state index < -0.39 is 35.0 Å². The topological polar surface area (TPSA) is 126 Å². The summed E-state index contributed by atoms with van der Waals surface area (Å²) in [6.45, 7) is 23.0. The largest absolute Gasteiger partial charge is 0.481 e. The summed E-state index contributed by atoms with van der Waals surface area (Å²) in [5.74, 6) is 0.000906. The molecule has 0 aliphatic heterocycles. The van der Waals surface area contributed by atoms with E-state index in [1.165, 1.54) is 11.1 Å². The second-order valence-electron chi connectivity index (χ2n) is 20.0. The summed E-state index contributed by atoms with van der Waals surface area (Å²) in [5, 5.41) is 33.8. The smallest absolute Gasteiger partial charge is 0.309 e. The summed E-state index contributed by atoms with van der Waals surface area (Å²) < 4.78 is 17.0. The molecule has 9 heteroatoms. The Labute approximate surface area is 314 Å². The van der Waals surface area contributed by atoms with Crippen molar-refractivity contribution in [3.63, 3.8) is 0 Å². The summed E-state index contributed by atoms with van der Waals surface area (Å²) >= 11 is 0. The Hall–Kier alpha value is -1.52. The number of aliphatic hydroxyl groups is 2. The molecule has 52 heavy (non-hydrogen) atoms. The first-order chi connectivity index (χ1) is 24.2. The first kappa shape index (κ1) is 41.6. The molecule has 0 aromatic rings. The maximum absolute atomic E-state index is 13.1. The van der Waals surface area contributed by atoms with Gasteiger partial charge >= 0.3 is 11.9 Å². The predicted octanol–water partition coefficient (Wildman–Crippen LogP) is 7.13. The van der Waals surface area contributed by atoms with Crippen molar-refractivity contribution < 1.29 is 39.1 Å². The number of nitrogens with zero attached hydrogens (tertiary/aromatic N) is 1. The van der Waals surface area contributed by atoms with Crippen LogP contribution in [0.5, 0.6) is 0 Å². The molecule has 0 aromatic carbocycles. The number of carboxylic acids is 1. The van der Waals surface area contributed by atoms with Crippen LogP contribution in [0, 0.1) is 56.2 Å². The third kappa shape index (κ3) is 6.73. The van der Waals surface area contributed by atoms with Gasteiger partial charge in [-0.15, -0.1) is 0 Å². The van der Waals surface area contributed by atoms with E-state index in [9.17, 15) is 24.9 Å². The number of aliphatic carboxylic acids is 1. The van der Waals surface area contributed by atoms with Gasteiger partial charge in [-0.2, -0.15) is 0 Å². The minimum Gasteiger partial charge on any atom is -0.481 e. The summed E-state index contributed by atoms with van der Waals surface area (Å²) in [6, 6.07) is 0. The molecule has 9 nitrogen and oxygen atoms in total. The molecule has 0 bridgehead atoms. The molecule has 0 aromatic heterocycles. The van der Waals surface area contributed by atoms with Crippen molar-refractivity contribution in [2.24, 2.45) is 56.2 Å². The number of carbonyl (C=O) groups excluding carboxylic acids is 1. The van der Waals surface area contributed by atoms with E-state index in [0.717, 1.165) is 64.5 Å². The molecule has 4 fully saturated rings. The first-order valence-electron chi connectivity index (χ1n) is 20.4. The lowest BCUT2D eigenvalue weighted by Gasteiger charge is -2.72. The number of aliphatic hydroxyl groups excluding tert-OH is 2. The van der Waals surface area contributed by atoms with Crippen molar-refractivity contribution in [3.05, 3.63) is 11.1 Å². The van der Waals surface area contributed by atoms with E-state index in [2.05, 4.69) is 53.4 Å². The van der Waals surface area contributed by atoms with Crippen molar-refractivity contribution in [1.82, 2.24) is 4.90 Å². The van der Waals surface area contributed by atoms with Gasteiger partial charge in [-0.25, -0.2) is 0 Å². The third-order valence-electron chi connectivity index (χ3n) is 16.4. The highest BCUT2D eigenvalue weighted by atomic mass is 16.5. The normalized spacial score (nSPS) is 39.1. The number of fused-ring (bicyclic) bond motifs is 7. The Kier molecular flexibility index (Phi) is 11.9. The molecule has 4 saturated carbocycles. The lowest BCUT2D eigenvalue weighted by atomic mass is 9.33. The average Bonchev–Trinajstić information content (AvgIpc) is 3.37. The van der Waals surface area contributed by atoms with E-state index in [1.807, 2.05) is 0 Å². The Balaban J connectivity index is 1.44. The number of carboxylic acid groups (broad SMARTS) is 1. The van der Waals surface area contributed by atoms with E-state index in [0.29, 0.717) is 43.9 Å². The summed E-state index contributed by atoms with van der Waals surface area (Å²) in [6.07, 6.45) is 7.14. The van der Waals surface area contributed by atoms with Crippen LogP contribution >= 0.6 is 0 Å². The van der Waals surface area contributed by atoms with Crippen LogP contribution in [0.15, 0.2) is 11.1 Å². The molecule has 0 saturated heterocycles. The van der Waals surface area contributed by atoms with Gasteiger partial charge in [0.15, 0.2) is 0 Å². The minimum atomic E-state index is -1.16. The Morgan fingerprint density at radius 3 is 2.10 bits per heavy atom. The van der Waals surface area contributed by atoms with Crippen LogP contribution in [0.1, 0.15) is 127 Å². The molecular weight excluding hydrogens is 658 g/mol. The zero-order chi connectivity index (χ0) is 38.7. The van der Waals surface area contributed by atoms with Gasteiger partial charge < -0.3 is 29.5 Å². The van der Waals surface area contributed by atoms with Gasteiger partial charge in [0.25, 0.3) is 0 Å². The zero-order valence-corrected chi connectivity index (χ0v) is 34.5. The molecule has 5 rings (SSSR count). The predicted molar refractivity (Wildman–Crippen MR) is 203 cm³/mol. The number of rotatable bonds is 14. The van der Waals surface area contributed by atoms with Gasteiger partial charge in [-0.3, -0.25) is 14.5 Å². The maximum Gasteiger partial charge on any atom is 0.309 e. The lowest BCUT2D eigenvalue weighted by molar-refractivity contribution is -0.235. The Morgan fingerprint density at radius 2 is 1.52 bits per heavy atom. The summed E-state index contributed by atoms with van der Waals surface area (Å²) in [4.78, 5) is 27.1. The Bertz CT molecular complexity index is 1350. The minimum absolute atomic E-state index is 0.0221. The van der Waals surface area contributed by atoms with Crippen molar-refractivity contribution in [2.45, 2.75) is 145 Å². The fourth-order valence-corrected chi connectivity index (χ4v) is 13.3. The van der Waals surface area contributed by atoms with Crippen LogP contribution in [0.25, 0.3) is 0 Å². The summed E-state index contributed by atoms with van der Waals surface area (Å²) in [5.41, 5.74) is 0.922. The standard InChI is InChI=1S/C43H73NO8/c1-27(2)35-29(45)24-43(32(46)26-44(20-22-50-10)21-23-51-11)19-18-41(8)28(36(35)43)12-13-31-40(7)16-15-33(52-34(47)25-38(3,4)37(48)49)39(5,6)30(40)14-17-42(31,41)9/h27-33,45-46H,12-26H2,1-11H3,(H,48,49). The zero-order valence-electron chi connectivity index (χ0n) is 34.5. The summed E-state index contributed by atoms with van der Waals surface area (Å²) in [7, 11) is 3.43. The van der Waals surface area contributed by atoms with E-state index >= 15 is 0 Å². The molecule has 5 aliphatic rings. The second kappa shape index (κ2) is 14.9. The van der Waals surface area contributed by atoms with Gasteiger partial charge in [-0.1, -0.05) is 54.0 Å². The van der Waals surface area contributed by atoms with E-state index in [-0.39, 0.29) is 40.1 Å². The van der Waals surface area contributed by atoms with Crippen molar-refractivity contribution in [3.8, 4) is 0 Å². The molecule has 3 N–H and O–H groups in total. The molecule has 0 spiro atoms. The van der Waals surface area contributed by atoms with Crippen LogP contribution in [-0.2, 0) is 23.8 Å². The monoisotopic (exact) mass is 732 g/mol. The molecule has 0 radical (unpaired) electrons. The van der Waals surface area contributed by atoms with Crippen molar-refractivity contribution in [1.29, 1.82) is 0 Å². The fourth-order valence-electron chi connectivity index (χ4n) is 13.3. The highest BCUT2D eigenvalue weighted by Gasteiger charge is 2.70. The number of esters is 1. The number of methoxy groups -OCH3 is 2. The molecule has 0 heterocycles. The first-order valence-corrected chi connectivity index (χ1v) is 20.4. The number of hydrogen-bond donors (Lipinski definition) is 3. The van der Waals surface area contributed by atoms with Crippen LogP contribution in [0.4, 0.5) is 0 Å². The molecule has 298 valence electrons. The third-order valence-corrected chi connectivity index (χ3v) is 16.4.